The van der Waals surface area contributed by atoms with Gasteiger partial charge in [0.1, 0.15) is 12.9 Å². The highest BCUT2D eigenvalue weighted by molar-refractivity contribution is 6.04. The van der Waals surface area contributed by atoms with Crippen molar-refractivity contribution in [3.8, 4) is 5.75 Å². The molecule has 0 saturated heterocycles. The molecule has 1 heterocycles. The van der Waals surface area contributed by atoms with Crippen LogP contribution in [0.25, 0.3) is 0 Å². The minimum atomic E-state index is -0.332. The predicted molar refractivity (Wildman–Crippen MR) is 124 cm³/mol. The molecular formula is C24H33N4O4+. The molecule has 1 aromatic heterocycles. The third-order valence-corrected chi connectivity index (χ3v) is 5.73. The summed E-state index contributed by atoms with van der Waals surface area (Å²) in [6, 6.07) is 9.06. The Hall–Kier alpha value is -3.13. The molecule has 1 fully saturated rings. The summed E-state index contributed by atoms with van der Waals surface area (Å²) in [5.74, 6) is 0.303. The molecule has 1 amide bonds. The monoisotopic (exact) mass is 441 g/mol. The molecule has 1 aliphatic rings. The number of nitrogens with zero attached hydrogens (tertiary/aromatic N) is 2. The minimum Gasteiger partial charge on any atom is -0.494 e. The van der Waals surface area contributed by atoms with E-state index in [4.69, 9.17) is 15.3 Å². The molecule has 1 saturated carbocycles. The van der Waals surface area contributed by atoms with E-state index in [1.54, 1.807) is 24.4 Å². The maximum absolute atomic E-state index is 13.1. The van der Waals surface area contributed by atoms with Gasteiger partial charge in [-0.1, -0.05) is 13.8 Å². The molecule has 32 heavy (non-hydrogen) atoms. The van der Waals surface area contributed by atoms with Crippen molar-refractivity contribution in [3.05, 3.63) is 47.3 Å². The van der Waals surface area contributed by atoms with Crippen LogP contribution in [0.4, 0.5) is 11.4 Å². The molecular weight excluding hydrogens is 408 g/mol. The fourth-order valence-electron chi connectivity index (χ4n) is 3.88. The van der Waals surface area contributed by atoms with Crippen molar-refractivity contribution < 1.29 is 24.2 Å². The number of benzene rings is 1. The average Bonchev–Trinajstić information content (AvgIpc) is 2.79. The van der Waals surface area contributed by atoms with Crippen molar-refractivity contribution in [2.24, 2.45) is 4.99 Å². The van der Waals surface area contributed by atoms with E-state index in [1.807, 2.05) is 26.0 Å². The molecule has 8 heteroatoms. The molecule has 8 nitrogen and oxygen atoms in total. The van der Waals surface area contributed by atoms with E-state index in [2.05, 4.69) is 10.3 Å². The summed E-state index contributed by atoms with van der Waals surface area (Å²) in [6.45, 7) is 4.07. The van der Waals surface area contributed by atoms with Crippen molar-refractivity contribution in [2.45, 2.75) is 57.6 Å². The number of nitrogens with two attached hydrogens (primary N) is 1. The first-order valence-corrected chi connectivity index (χ1v) is 10.9. The van der Waals surface area contributed by atoms with Crippen LogP contribution in [0.3, 0.4) is 0 Å². The van der Waals surface area contributed by atoms with Gasteiger partial charge in [-0.15, -0.1) is 0 Å². The lowest BCUT2D eigenvalue weighted by Gasteiger charge is -2.22. The summed E-state index contributed by atoms with van der Waals surface area (Å²) in [7, 11) is 3.06. The first-order valence-electron chi connectivity index (χ1n) is 10.9. The summed E-state index contributed by atoms with van der Waals surface area (Å²) in [5, 5.41) is 12.6. The van der Waals surface area contributed by atoms with Gasteiger partial charge in [-0.05, 0) is 37.8 Å². The van der Waals surface area contributed by atoms with E-state index in [0.717, 1.165) is 31.4 Å². The number of pyridine rings is 1. The van der Waals surface area contributed by atoms with Gasteiger partial charge in [0.05, 0.1) is 24.9 Å². The lowest BCUT2D eigenvalue weighted by Crippen LogP contribution is -2.51. The fourth-order valence-corrected chi connectivity index (χ4v) is 3.88. The fraction of sp³-hybridized carbons (Fsp3) is 0.458. The molecule has 2 aromatic rings. The number of hydrogen-bond donors (Lipinski definition) is 3. The molecule has 4 N–H and O–H groups in total. The average molecular weight is 442 g/mol. The number of amides is 1. The number of methoxy groups -OCH3 is 1. The van der Waals surface area contributed by atoms with Gasteiger partial charge in [0.15, 0.2) is 0 Å². The molecule has 1 aliphatic carbocycles. The zero-order valence-corrected chi connectivity index (χ0v) is 19.2. The maximum atomic E-state index is 13.1. The van der Waals surface area contributed by atoms with Crippen LogP contribution in [0.15, 0.2) is 35.3 Å². The molecule has 0 atom stereocenters. The van der Waals surface area contributed by atoms with Gasteiger partial charge in [-0.3, -0.25) is 14.6 Å². The number of ether oxygens (including phenoxy) is 1. The highest BCUT2D eigenvalue weighted by Gasteiger charge is 2.27. The van der Waals surface area contributed by atoms with Crippen LogP contribution in [0.5, 0.6) is 5.75 Å². The van der Waals surface area contributed by atoms with Crippen LogP contribution >= 0.6 is 0 Å². The molecule has 0 spiro atoms. The second-order valence-corrected chi connectivity index (χ2v) is 8.34. The normalized spacial score (nSPS) is 18.7. The molecule has 0 radical (unpaired) electrons. The molecule has 0 unspecified atom stereocenters. The lowest BCUT2D eigenvalue weighted by atomic mass is 9.93. The van der Waals surface area contributed by atoms with Crippen LogP contribution in [0.1, 0.15) is 67.2 Å². The Labute approximate surface area is 189 Å². The number of carbonyl (C=O) groups is 1. The van der Waals surface area contributed by atoms with Crippen LogP contribution in [-0.4, -0.2) is 43.6 Å². The van der Waals surface area contributed by atoms with Crippen LogP contribution in [0, 0.1) is 0 Å². The number of nitrogens with one attached hydrogen (secondary N) is 1. The summed E-state index contributed by atoms with van der Waals surface area (Å²) < 4.78 is 6.97. The third kappa shape index (κ3) is 5.37. The molecule has 0 bridgehead atoms. The van der Waals surface area contributed by atoms with E-state index in [9.17, 15) is 9.90 Å². The van der Waals surface area contributed by atoms with Gasteiger partial charge in [-0.2, -0.15) is 0 Å². The predicted octanol–water partition coefficient (Wildman–Crippen LogP) is 2.72. The topological polar surface area (TPSA) is 110 Å². The first kappa shape index (κ1) is 23.5. The van der Waals surface area contributed by atoms with E-state index in [-0.39, 0.29) is 24.0 Å². The van der Waals surface area contributed by atoms with E-state index in [1.165, 1.54) is 19.0 Å². The quantitative estimate of drug-likeness (QED) is 0.348. The summed E-state index contributed by atoms with van der Waals surface area (Å²) in [6.07, 6.45) is 4.73. The van der Waals surface area contributed by atoms with Gasteiger partial charge in [-0.25, -0.2) is 0 Å². The third-order valence-electron chi connectivity index (χ3n) is 5.73. The highest BCUT2D eigenvalue weighted by Crippen LogP contribution is 2.30. The number of carbonyl (C=O) groups excluding carboxylic acids is 1. The Morgan fingerprint density at radius 1 is 1.25 bits per heavy atom. The van der Waals surface area contributed by atoms with Crippen LogP contribution < -0.4 is 25.4 Å². The van der Waals surface area contributed by atoms with Gasteiger partial charge >= 0.3 is 11.6 Å². The summed E-state index contributed by atoms with van der Waals surface area (Å²) in [5.41, 5.74) is 9.14. The highest BCUT2D eigenvalue weighted by atomic mass is 16.6. The zero-order chi connectivity index (χ0) is 23.3. The number of hydrogen-bond acceptors (Lipinski definition) is 6. The maximum Gasteiger partial charge on any atom is 0.325 e. The number of rotatable bonds is 7. The molecule has 3 rings (SSSR count). The van der Waals surface area contributed by atoms with Crippen molar-refractivity contribution in [3.63, 3.8) is 0 Å². The number of aliphatic hydroxyl groups is 1. The SMILES string of the molecule is COc1cc(N)c(C=NC2CCC(O)CC2)cc1NC(=O)c1cccc(C(C)C)[n+]1OC. The lowest BCUT2D eigenvalue weighted by molar-refractivity contribution is -0.892. The number of aromatic nitrogens is 1. The van der Waals surface area contributed by atoms with E-state index >= 15 is 0 Å². The first-order chi connectivity index (χ1) is 15.3. The summed E-state index contributed by atoms with van der Waals surface area (Å²) in [4.78, 5) is 23.2. The van der Waals surface area contributed by atoms with Crippen molar-refractivity contribution in [1.29, 1.82) is 0 Å². The Morgan fingerprint density at radius 2 is 1.97 bits per heavy atom. The van der Waals surface area contributed by atoms with Crippen molar-refractivity contribution >= 4 is 23.5 Å². The Kier molecular flexibility index (Phi) is 7.69. The standard InChI is InChI=1S/C24H32N4O4/c1-15(2)21-6-5-7-22(28(21)32-4)24(30)27-20-12-16(19(25)13-23(20)31-3)14-26-17-8-10-18(29)11-9-17/h5-7,12-15,17-18,25,29-30H,8-11H2,1-4H3/p+1. The van der Waals surface area contributed by atoms with Crippen molar-refractivity contribution in [1.82, 2.24) is 0 Å². The number of aliphatic hydroxyl groups excluding tert-OH is 1. The van der Waals surface area contributed by atoms with Gasteiger partial charge < -0.3 is 20.9 Å². The van der Waals surface area contributed by atoms with Gasteiger partial charge in [0.25, 0.3) is 0 Å². The number of nitrogen functional groups attached to an aromatic ring is 1. The Bertz CT molecular complexity index is 982. The van der Waals surface area contributed by atoms with Gasteiger partial charge in [0.2, 0.25) is 5.69 Å². The Balaban J connectivity index is 1.87. The van der Waals surface area contributed by atoms with E-state index in [0.29, 0.717) is 28.4 Å². The molecule has 1 aromatic carbocycles. The number of aliphatic imine (C=N–C) groups is 1. The largest absolute Gasteiger partial charge is 0.494 e. The van der Waals surface area contributed by atoms with E-state index < -0.39 is 0 Å². The Morgan fingerprint density at radius 3 is 2.59 bits per heavy atom. The molecule has 0 aliphatic heterocycles. The number of anilines is 2. The smallest absolute Gasteiger partial charge is 0.325 e. The minimum absolute atomic E-state index is 0.164. The second-order valence-electron chi connectivity index (χ2n) is 8.34. The summed E-state index contributed by atoms with van der Waals surface area (Å²) >= 11 is 0. The van der Waals surface area contributed by atoms with Crippen molar-refractivity contribution in [2.75, 3.05) is 25.3 Å². The second kappa shape index (κ2) is 10.5. The van der Waals surface area contributed by atoms with Crippen LogP contribution in [0.2, 0.25) is 0 Å². The molecule has 172 valence electrons. The van der Waals surface area contributed by atoms with Gasteiger partial charge in [0, 0.05) is 46.3 Å². The zero-order valence-electron chi connectivity index (χ0n) is 19.2. The van der Waals surface area contributed by atoms with Crippen LogP contribution in [-0.2, 0) is 0 Å².